The number of ether oxygens (including phenoxy) is 2. The van der Waals surface area contributed by atoms with Crippen molar-refractivity contribution in [3.63, 3.8) is 0 Å². The molecule has 6 fully saturated rings. The number of morpholine rings is 1. The van der Waals surface area contributed by atoms with Gasteiger partial charge in [-0.2, -0.15) is 13.2 Å². The Balaban J connectivity index is 1.34. The summed E-state index contributed by atoms with van der Waals surface area (Å²) in [5.74, 6) is -10.6. The lowest BCUT2D eigenvalue weighted by atomic mass is 9.84. The number of rotatable bonds is 16. The van der Waals surface area contributed by atoms with Crippen molar-refractivity contribution in [2.24, 2.45) is 23.7 Å². The highest BCUT2D eigenvalue weighted by molar-refractivity contribution is 6.31. The van der Waals surface area contributed by atoms with Gasteiger partial charge in [-0.1, -0.05) is 122 Å². The van der Waals surface area contributed by atoms with Gasteiger partial charge in [0.2, 0.25) is 70.9 Å². The molecule has 3 N–H and O–H groups in total. The molecule has 1 spiro atoms. The van der Waals surface area contributed by atoms with E-state index in [0.717, 1.165) is 54.0 Å². The molecule has 0 radical (unpaired) electrons. The number of alkyl halides is 3. The first-order valence-electron chi connectivity index (χ1n) is 38.5. The molecule has 3 saturated heterocycles. The van der Waals surface area contributed by atoms with Gasteiger partial charge in [0, 0.05) is 75.4 Å². The molecule has 0 unspecified atom stereocenters. The summed E-state index contributed by atoms with van der Waals surface area (Å²) in [5.41, 5.74) is -2.64. The van der Waals surface area contributed by atoms with Gasteiger partial charge in [-0.3, -0.25) is 62.3 Å². The van der Waals surface area contributed by atoms with E-state index in [1.165, 1.54) is 103 Å². The van der Waals surface area contributed by atoms with Crippen molar-refractivity contribution < 1.29 is 85.0 Å². The van der Waals surface area contributed by atoms with Gasteiger partial charge in [-0.15, -0.1) is 0 Å². The zero-order chi connectivity index (χ0) is 79.8. The number of hydrogen-bond donors (Lipinski definition) is 3. The van der Waals surface area contributed by atoms with Crippen LogP contribution in [0.5, 0.6) is 0 Å². The van der Waals surface area contributed by atoms with Crippen molar-refractivity contribution in [3.8, 4) is 0 Å². The fourth-order valence-electron chi connectivity index (χ4n) is 16.1. The lowest BCUT2D eigenvalue weighted by Crippen LogP contribution is -2.65. The molecule has 12 amide bonds. The number of aryl methyl sites for hydroxylation is 1. The predicted octanol–water partition coefficient (Wildman–Crippen LogP) is 5.76. The molecule has 6 aliphatic rings. The topological polar surface area (TPSA) is 306 Å². The molecule has 602 valence electrons. The Morgan fingerprint density at radius 1 is 0.704 bits per heavy atom. The van der Waals surface area contributed by atoms with Crippen LogP contribution in [0.2, 0.25) is 5.02 Å². The minimum atomic E-state index is -4.81. The SMILES string of the molecule is C=CCOC(=O)CC[C@H]1C(=O)NC2(CCCC2)C(=O)N(C)[C@@H](C2CCCC2)C(=O)N(C)[C@H](C(=O)N2CCOCC2)CC(=O)N(C)[C@H](CC(C)C)C(=O)N[C@@H]([C@@H](C)CC)C(=O)N(C)[C@@H](C)C(=O)N2CC[C@H]2C(=O)N(C)[C@@H](CC2CCCCC2)C(=O)N(C)CC(=O)N[C@@H](CCc2ccc(C(F)(F)F)c(Cl)c2)C(=O)N1C. The van der Waals surface area contributed by atoms with Crippen LogP contribution in [0.25, 0.3) is 0 Å². The first-order chi connectivity index (χ1) is 51.0. The Kier molecular flexibility index (Phi) is 31.7. The molecular weight excluding hydrogens is 1430 g/mol. The third kappa shape index (κ3) is 21.6. The summed E-state index contributed by atoms with van der Waals surface area (Å²) in [6.07, 6.45) is 2.78. The van der Waals surface area contributed by atoms with Crippen LogP contribution < -0.4 is 16.0 Å². The maximum atomic E-state index is 15.9. The Morgan fingerprint density at radius 2 is 1.33 bits per heavy atom. The number of likely N-dealkylation sites (N-methyl/N-ethyl adjacent to an activating group) is 7. The van der Waals surface area contributed by atoms with Crippen LogP contribution in [0, 0.1) is 23.7 Å². The molecule has 10 atom stereocenters. The van der Waals surface area contributed by atoms with Crippen LogP contribution in [0.4, 0.5) is 13.2 Å². The normalized spacial score (nSPS) is 26.9. The number of carbonyl (C=O) groups is 13. The van der Waals surface area contributed by atoms with Crippen molar-refractivity contribution >= 4 is 88.5 Å². The van der Waals surface area contributed by atoms with Crippen molar-refractivity contribution in [2.75, 3.05) is 95.3 Å². The summed E-state index contributed by atoms with van der Waals surface area (Å²) in [4.78, 5) is 207. The summed E-state index contributed by atoms with van der Waals surface area (Å²) in [6, 6.07) is -8.92. The number of hydrogen-bond acceptors (Lipinski definition) is 15. The molecule has 1 aromatic carbocycles. The number of halogens is 4. The number of fused-ring (bicyclic) bond motifs is 1. The molecular formula is C77H116ClF3N12O15. The smallest absolute Gasteiger partial charge is 0.417 e. The summed E-state index contributed by atoms with van der Waals surface area (Å²) in [6.45, 7) is 12.2. The third-order valence-corrected chi connectivity index (χ3v) is 23.6. The number of nitrogens with one attached hydrogen (secondary N) is 3. The van der Waals surface area contributed by atoms with E-state index in [4.69, 9.17) is 21.1 Å². The highest BCUT2D eigenvalue weighted by Gasteiger charge is 2.52. The predicted molar refractivity (Wildman–Crippen MR) is 395 cm³/mol. The molecule has 3 heterocycles. The highest BCUT2D eigenvalue weighted by atomic mass is 35.5. The Hall–Kier alpha value is -7.89. The van der Waals surface area contributed by atoms with Gasteiger partial charge in [0.15, 0.2) is 0 Å². The van der Waals surface area contributed by atoms with E-state index in [1.54, 1.807) is 6.92 Å². The minimum Gasteiger partial charge on any atom is -0.461 e. The number of benzene rings is 1. The van der Waals surface area contributed by atoms with Crippen LogP contribution in [0.1, 0.15) is 181 Å². The van der Waals surface area contributed by atoms with E-state index in [1.807, 2.05) is 20.8 Å². The number of nitrogens with zero attached hydrogens (tertiary/aromatic N) is 9. The van der Waals surface area contributed by atoms with Crippen LogP contribution >= 0.6 is 11.6 Å². The lowest BCUT2D eigenvalue weighted by Gasteiger charge is -2.45. The molecule has 27 nitrogen and oxygen atoms in total. The van der Waals surface area contributed by atoms with Crippen LogP contribution in [-0.4, -0.2) is 276 Å². The lowest BCUT2D eigenvalue weighted by molar-refractivity contribution is -0.160. The third-order valence-electron chi connectivity index (χ3n) is 23.3. The standard InChI is InChI=1S/C77H116ClF3N12O15/c1-14-39-108-63(96)32-31-56-67(98)84-76(34-21-22-35-76)75(106)91(13)65(52-25-19-20-26-52)74(105)90(12)60(72(103)92-37-40-107-41-38-92)45-62(95)87(9)58(42-47(3)4)66(97)83-64(48(5)15-2)73(104)86(8)49(6)68(99)93-36-33-57(93)71(102)89(11)59(44-50-23-17-16-18-24-50)70(101)85(7)46-61(94)82-55(69(100)88(56)10)30-28-51-27-29-53(54(78)43-51)77(79,80)81/h14,27,29,43,47-50,52,55-60,64-65H,1,15-26,28,30-42,44-46H2,2-13H3,(H,82,94)(H,83,97)(H,84,98)/t48-,49-,55-,56-,57-,58+,59-,60-,64-,65-/m0/s1. The molecule has 0 aromatic heterocycles. The van der Waals surface area contributed by atoms with E-state index in [0.29, 0.717) is 44.9 Å². The van der Waals surface area contributed by atoms with Gasteiger partial charge in [-0.05, 0) is 112 Å². The first kappa shape index (κ1) is 87.3. The second kappa shape index (κ2) is 39.1. The van der Waals surface area contributed by atoms with Gasteiger partial charge < -0.3 is 69.5 Å². The van der Waals surface area contributed by atoms with Crippen molar-refractivity contribution in [2.45, 2.75) is 242 Å². The largest absolute Gasteiger partial charge is 0.461 e. The summed E-state index contributed by atoms with van der Waals surface area (Å²) < 4.78 is 52.9. The summed E-state index contributed by atoms with van der Waals surface area (Å²) in [5, 5.41) is 7.99. The monoisotopic (exact) mass is 1540 g/mol. The Bertz CT molecular complexity index is 3410. The van der Waals surface area contributed by atoms with Crippen molar-refractivity contribution in [1.82, 2.24) is 60.0 Å². The Morgan fingerprint density at radius 3 is 1.92 bits per heavy atom. The second-order valence-electron chi connectivity index (χ2n) is 31.1. The minimum absolute atomic E-state index is 0.0215. The maximum absolute atomic E-state index is 15.9. The first-order valence-corrected chi connectivity index (χ1v) is 38.9. The van der Waals surface area contributed by atoms with E-state index in [-0.39, 0.29) is 102 Å². The molecule has 0 bridgehead atoms. The number of esters is 1. The van der Waals surface area contributed by atoms with Gasteiger partial charge >= 0.3 is 12.1 Å². The Labute approximate surface area is 638 Å². The van der Waals surface area contributed by atoms with Crippen molar-refractivity contribution in [1.29, 1.82) is 0 Å². The average molecular weight is 1540 g/mol. The van der Waals surface area contributed by atoms with Crippen molar-refractivity contribution in [3.05, 3.63) is 47.0 Å². The quantitative estimate of drug-likeness (QED) is 0.131. The van der Waals surface area contributed by atoms with Crippen LogP contribution in [0.15, 0.2) is 30.9 Å². The number of amides is 12. The average Bonchev–Trinajstić information content (AvgIpc) is 1.24. The van der Waals surface area contributed by atoms with Gasteiger partial charge in [-0.25, -0.2) is 0 Å². The van der Waals surface area contributed by atoms with Gasteiger partial charge in [0.25, 0.3) is 0 Å². The van der Waals surface area contributed by atoms with E-state index >= 15 is 38.4 Å². The molecule has 3 aliphatic heterocycles. The van der Waals surface area contributed by atoms with Gasteiger partial charge in [0.05, 0.1) is 36.8 Å². The summed E-state index contributed by atoms with van der Waals surface area (Å²) >= 11 is 6.19. The van der Waals surface area contributed by atoms with E-state index < -0.39 is 191 Å². The highest BCUT2D eigenvalue weighted by Crippen LogP contribution is 2.39. The molecule has 31 heteroatoms. The second-order valence-corrected chi connectivity index (χ2v) is 31.5. The molecule has 108 heavy (non-hydrogen) atoms. The fourth-order valence-corrected chi connectivity index (χ4v) is 16.4. The van der Waals surface area contributed by atoms with E-state index in [9.17, 15) is 37.1 Å². The van der Waals surface area contributed by atoms with E-state index in [2.05, 4.69) is 22.5 Å². The zero-order valence-corrected chi connectivity index (χ0v) is 65.9. The number of carbonyl (C=O) groups excluding carboxylic acids is 13. The zero-order valence-electron chi connectivity index (χ0n) is 65.2. The van der Waals surface area contributed by atoms with Crippen LogP contribution in [-0.2, 0) is 84.4 Å². The molecule has 3 saturated carbocycles. The molecule has 3 aliphatic carbocycles. The summed E-state index contributed by atoms with van der Waals surface area (Å²) in [7, 11) is 9.72. The fraction of sp³-hybridized carbons (Fsp3) is 0.727. The molecule has 7 rings (SSSR count). The molecule has 1 aromatic rings. The van der Waals surface area contributed by atoms with Crippen LogP contribution in [0.3, 0.4) is 0 Å². The van der Waals surface area contributed by atoms with Gasteiger partial charge in [0.1, 0.15) is 66.5 Å². The maximum Gasteiger partial charge on any atom is 0.417 e.